The van der Waals surface area contributed by atoms with Crippen LogP contribution in [0.5, 0.6) is 0 Å². The maximum Gasteiger partial charge on any atom is 0.133 e. The zero-order valence-electron chi connectivity index (χ0n) is 8.22. The van der Waals surface area contributed by atoms with Gasteiger partial charge in [-0.2, -0.15) is 0 Å². The molecule has 15 heavy (non-hydrogen) atoms. The van der Waals surface area contributed by atoms with E-state index in [1.165, 1.54) is 12.1 Å². The molecule has 0 aliphatic carbocycles. The molecule has 0 fully saturated rings. The van der Waals surface area contributed by atoms with Gasteiger partial charge < -0.3 is 0 Å². The summed E-state index contributed by atoms with van der Waals surface area (Å²) in [5.74, 6) is -1.11. The van der Waals surface area contributed by atoms with Crippen LogP contribution in [-0.4, -0.2) is 0 Å². The first-order valence-electron chi connectivity index (χ1n) is 4.61. The molecule has 0 atom stereocenters. The fraction of sp³-hybridized carbons (Fsp3) is 0.0769. The summed E-state index contributed by atoms with van der Waals surface area (Å²) in [6.07, 6.45) is 0. The summed E-state index contributed by atoms with van der Waals surface area (Å²) in [7, 11) is 0. The van der Waals surface area contributed by atoms with E-state index in [1.807, 2.05) is 6.92 Å². The summed E-state index contributed by atoms with van der Waals surface area (Å²) in [5.41, 5.74) is 2.00. The smallest absolute Gasteiger partial charge is 0.133 e. The van der Waals surface area contributed by atoms with Crippen LogP contribution >= 0.6 is 0 Å². The van der Waals surface area contributed by atoms with E-state index >= 15 is 0 Å². The molecule has 0 aliphatic heterocycles. The lowest BCUT2D eigenvalue weighted by Gasteiger charge is -2.06. The van der Waals surface area contributed by atoms with Crippen LogP contribution in [0.2, 0.25) is 0 Å². The molecular weight excluding hydrogens is 194 g/mol. The third-order valence-electron chi connectivity index (χ3n) is 2.28. The zero-order chi connectivity index (χ0) is 10.8. The van der Waals surface area contributed by atoms with Crippen LogP contribution in [0.25, 0.3) is 11.1 Å². The van der Waals surface area contributed by atoms with Crippen LogP contribution in [0.1, 0.15) is 5.56 Å². The van der Waals surface area contributed by atoms with Gasteiger partial charge in [0.25, 0.3) is 0 Å². The van der Waals surface area contributed by atoms with Gasteiger partial charge in [-0.3, -0.25) is 0 Å². The maximum absolute atomic E-state index is 13.5. The topological polar surface area (TPSA) is 0 Å². The summed E-state index contributed by atoms with van der Waals surface area (Å²) < 4.78 is 26.2. The summed E-state index contributed by atoms with van der Waals surface area (Å²) in [4.78, 5) is 0. The van der Waals surface area contributed by atoms with Gasteiger partial charge in [-0.1, -0.05) is 18.2 Å². The third kappa shape index (κ3) is 1.89. The minimum absolute atomic E-state index is 0.408. The van der Waals surface area contributed by atoms with E-state index < -0.39 is 11.6 Å². The second-order valence-corrected chi connectivity index (χ2v) is 3.33. The number of rotatable bonds is 1. The summed E-state index contributed by atoms with van der Waals surface area (Å²) >= 11 is 0. The van der Waals surface area contributed by atoms with E-state index in [2.05, 4.69) is 6.07 Å². The Morgan fingerprint density at radius 1 is 1.07 bits per heavy atom. The Hall–Kier alpha value is -1.70. The zero-order valence-corrected chi connectivity index (χ0v) is 8.22. The molecule has 2 heteroatoms. The Morgan fingerprint density at radius 3 is 2.53 bits per heavy atom. The molecule has 0 aromatic heterocycles. The summed E-state index contributed by atoms with van der Waals surface area (Å²) in [5, 5.41) is 0. The second kappa shape index (κ2) is 3.81. The van der Waals surface area contributed by atoms with Crippen molar-refractivity contribution in [3.63, 3.8) is 0 Å². The van der Waals surface area contributed by atoms with Crippen molar-refractivity contribution in [2.45, 2.75) is 6.92 Å². The Balaban J connectivity index is 2.60. The lowest BCUT2D eigenvalue weighted by molar-refractivity contribution is 0.585. The predicted octanol–water partition coefficient (Wildman–Crippen LogP) is 3.74. The molecule has 0 spiro atoms. The maximum atomic E-state index is 13.5. The lowest BCUT2D eigenvalue weighted by atomic mass is 10.0. The average molecular weight is 203 g/mol. The molecule has 2 aromatic carbocycles. The molecule has 0 nitrogen and oxygen atoms in total. The van der Waals surface area contributed by atoms with Crippen molar-refractivity contribution < 1.29 is 8.78 Å². The van der Waals surface area contributed by atoms with Crippen molar-refractivity contribution in [1.82, 2.24) is 0 Å². The largest absolute Gasteiger partial charge is 0.207 e. The van der Waals surface area contributed by atoms with Gasteiger partial charge >= 0.3 is 0 Å². The van der Waals surface area contributed by atoms with Gasteiger partial charge in [0.1, 0.15) is 11.6 Å². The van der Waals surface area contributed by atoms with Gasteiger partial charge in [0, 0.05) is 11.6 Å². The highest BCUT2D eigenvalue weighted by Crippen LogP contribution is 2.25. The Kier molecular flexibility index (Phi) is 2.50. The number of hydrogen-bond donors (Lipinski definition) is 0. The van der Waals surface area contributed by atoms with Gasteiger partial charge in [-0.05, 0) is 36.2 Å². The Bertz CT molecular complexity index is 490. The third-order valence-corrected chi connectivity index (χ3v) is 2.28. The van der Waals surface area contributed by atoms with Gasteiger partial charge in [-0.15, -0.1) is 0 Å². The van der Waals surface area contributed by atoms with Crippen molar-refractivity contribution in [2.24, 2.45) is 0 Å². The first-order valence-corrected chi connectivity index (χ1v) is 4.61. The van der Waals surface area contributed by atoms with Crippen molar-refractivity contribution >= 4 is 0 Å². The molecule has 0 heterocycles. The normalized spacial score (nSPS) is 10.3. The van der Waals surface area contributed by atoms with Crippen LogP contribution in [0, 0.1) is 24.6 Å². The van der Waals surface area contributed by atoms with E-state index in [9.17, 15) is 8.78 Å². The number of benzene rings is 2. The van der Waals surface area contributed by atoms with Gasteiger partial charge in [0.15, 0.2) is 0 Å². The molecule has 0 amide bonds. The molecule has 2 rings (SSSR count). The SMILES string of the molecule is Cc1[c]cccc1-c1ccc(F)cc1F. The fourth-order valence-electron chi connectivity index (χ4n) is 1.52. The highest BCUT2D eigenvalue weighted by atomic mass is 19.1. The molecule has 0 bridgehead atoms. The molecule has 2 aromatic rings. The molecule has 0 saturated heterocycles. The molecule has 0 aliphatic rings. The predicted molar refractivity (Wildman–Crippen MR) is 55.4 cm³/mol. The molecular formula is C13H9F2. The van der Waals surface area contributed by atoms with Crippen LogP contribution in [-0.2, 0) is 0 Å². The van der Waals surface area contributed by atoms with Crippen LogP contribution in [0.15, 0.2) is 36.4 Å². The van der Waals surface area contributed by atoms with Gasteiger partial charge in [0.2, 0.25) is 0 Å². The average Bonchev–Trinajstić information content (AvgIpc) is 2.20. The molecule has 0 N–H and O–H groups in total. The van der Waals surface area contributed by atoms with Crippen molar-refractivity contribution in [1.29, 1.82) is 0 Å². The van der Waals surface area contributed by atoms with Crippen molar-refractivity contribution in [3.05, 3.63) is 59.7 Å². The highest BCUT2D eigenvalue weighted by molar-refractivity contribution is 5.67. The van der Waals surface area contributed by atoms with Gasteiger partial charge in [0.05, 0.1) is 0 Å². The monoisotopic (exact) mass is 203 g/mol. The van der Waals surface area contributed by atoms with Gasteiger partial charge in [-0.25, -0.2) is 8.78 Å². The van der Waals surface area contributed by atoms with E-state index in [1.54, 1.807) is 18.2 Å². The van der Waals surface area contributed by atoms with Crippen molar-refractivity contribution in [2.75, 3.05) is 0 Å². The van der Waals surface area contributed by atoms with Crippen LogP contribution in [0.4, 0.5) is 8.78 Å². The first-order chi connectivity index (χ1) is 7.18. The lowest BCUT2D eigenvalue weighted by Crippen LogP contribution is -1.88. The highest BCUT2D eigenvalue weighted by Gasteiger charge is 2.07. The quantitative estimate of drug-likeness (QED) is 0.662. The van der Waals surface area contributed by atoms with E-state index in [-0.39, 0.29) is 0 Å². The molecule has 1 radical (unpaired) electrons. The molecule has 75 valence electrons. The van der Waals surface area contributed by atoms with Crippen LogP contribution in [0.3, 0.4) is 0 Å². The number of aryl methyl sites for hydroxylation is 1. The molecule has 0 unspecified atom stereocenters. The number of hydrogen-bond acceptors (Lipinski definition) is 0. The summed E-state index contributed by atoms with van der Waals surface area (Å²) in [6.45, 7) is 1.85. The van der Waals surface area contributed by atoms with E-state index in [4.69, 9.17) is 0 Å². The second-order valence-electron chi connectivity index (χ2n) is 3.33. The summed E-state index contributed by atoms with van der Waals surface area (Å²) in [6, 6.07) is 11.9. The standard InChI is InChI=1S/C13H9F2/c1-9-4-2-3-5-11(9)12-7-6-10(14)8-13(12)15/h2-3,5-8H,1H3. The minimum atomic E-state index is -0.561. The molecule has 0 saturated carbocycles. The Labute approximate surface area is 87.2 Å². The number of halogens is 2. The minimum Gasteiger partial charge on any atom is -0.207 e. The Morgan fingerprint density at radius 2 is 1.87 bits per heavy atom. The van der Waals surface area contributed by atoms with E-state index in [0.29, 0.717) is 5.56 Å². The van der Waals surface area contributed by atoms with Crippen LogP contribution < -0.4 is 0 Å². The van der Waals surface area contributed by atoms with Crippen molar-refractivity contribution in [3.8, 4) is 11.1 Å². The fourth-order valence-corrected chi connectivity index (χ4v) is 1.52. The van der Waals surface area contributed by atoms with E-state index in [0.717, 1.165) is 17.2 Å². The first kappa shape index (κ1) is 9.84.